The first-order valence-corrected chi connectivity index (χ1v) is 7.75. The molecule has 5 nitrogen and oxygen atoms in total. The molecule has 1 aromatic rings. The van der Waals surface area contributed by atoms with E-state index in [1.165, 1.54) is 0 Å². The lowest BCUT2D eigenvalue weighted by molar-refractivity contribution is 0.413. The molecule has 1 aromatic carbocycles. The lowest BCUT2D eigenvalue weighted by Crippen LogP contribution is -2.28. The van der Waals surface area contributed by atoms with Crippen LogP contribution in [0.15, 0.2) is 23.1 Å². The molecule has 0 aliphatic carbocycles. The van der Waals surface area contributed by atoms with E-state index in [0.29, 0.717) is 30.8 Å². The molecule has 0 aliphatic heterocycles. The van der Waals surface area contributed by atoms with Gasteiger partial charge in [-0.1, -0.05) is 13.8 Å². The fourth-order valence-electron chi connectivity index (χ4n) is 1.65. The maximum absolute atomic E-state index is 12.2. The summed E-state index contributed by atoms with van der Waals surface area (Å²) in [5.74, 6) is 0.886. The third-order valence-corrected chi connectivity index (χ3v) is 4.18. The molecule has 6 heteroatoms. The van der Waals surface area contributed by atoms with E-state index in [9.17, 15) is 8.42 Å². The van der Waals surface area contributed by atoms with Gasteiger partial charge in [-0.25, -0.2) is 13.1 Å². The van der Waals surface area contributed by atoms with Crippen molar-refractivity contribution in [1.29, 1.82) is 0 Å². The van der Waals surface area contributed by atoms with Crippen molar-refractivity contribution < 1.29 is 13.2 Å². The molecule has 0 saturated heterocycles. The minimum atomic E-state index is -3.49. The Bertz CT molecular complexity index is 513. The van der Waals surface area contributed by atoms with Gasteiger partial charge in [0.05, 0.1) is 12.0 Å². The molecule has 0 heterocycles. The third kappa shape index (κ3) is 4.49. The van der Waals surface area contributed by atoms with Gasteiger partial charge >= 0.3 is 0 Å². The van der Waals surface area contributed by atoms with Gasteiger partial charge in [0, 0.05) is 6.54 Å². The van der Waals surface area contributed by atoms with E-state index in [1.54, 1.807) is 25.3 Å². The van der Waals surface area contributed by atoms with E-state index in [0.717, 1.165) is 0 Å². The molecule has 108 valence electrons. The largest absolute Gasteiger partial charge is 0.497 e. The van der Waals surface area contributed by atoms with Gasteiger partial charge in [-0.3, -0.25) is 0 Å². The zero-order valence-electron chi connectivity index (χ0n) is 11.6. The molecule has 0 fully saturated rings. The van der Waals surface area contributed by atoms with Gasteiger partial charge in [0.2, 0.25) is 10.0 Å². The minimum Gasteiger partial charge on any atom is -0.497 e. The zero-order valence-corrected chi connectivity index (χ0v) is 12.5. The number of hydrogen-bond donors (Lipinski definition) is 2. The standard InChI is InChI=1S/C13H22N2O3S/c1-10(2)9-15-19(16,17)13-5-4-12(18-3)8-11(13)6-7-14/h4-5,8,10,15H,6-7,9,14H2,1-3H3. The molecule has 0 spiro atoms. The van der Waals surface area contributed by atoms with Crippen molar-refractivity contribution in [3.63, 3.8) is 0 Å². The van der Waals surface area contributed by atoms with Gasteiger partial charge < -0.3 is 10.5 Å². The van der Waals surface area contributed by atoms with Crippen LogP contribution in [0.1, 0.15) is 19.4 Å². The van der Waals surface area contributed by atoms with Crippen LogP contribution in [0, 0.1) is 5.92 Å². The summed E-state index contributed by atoms with van der Waals surface area (Å²) in [4.78, 5) is 0.277. The summed E-state index contributed by atoms with van der Waals surface area (Å²) in [6.07, 6.45) is 0.495. The summed E-state index contributed by atoms with van der Waals surface area (Å²) in [7, 11) is -1.95. The normalized spacial score (nSPS) is 11.8. The van der Waals surface area contributed by atoms with E-state index in [1.807, 2.05) is 13.8 Å². The highest BCUT2D eigenvalue weighted by atomic mass is 32.2. The average Bonchev–Trinajstić information content (AvgIpc) is 2.36. The van der Waals surface area contributed by atoms with Crippen LogP contribution in [0.5, 0.6) is 5.75 Å². The Hall–Kier alpha value is -1.11. The first-order chi connectivity index (χ1) is 8.90. The van der Waals surface area contributed by atoms with Crippen LogP contribution < -0.4 is 15.2 Å². The number of nitrogens with two attached hydrogens (primary N) is 1. The number of sulfonamides is 1. The van der Waals surface area contributed by atoms with Crippen LogP contribution >= 0.6 is 0 Å². The minimum absolute atomic E-state index is 0.256. The molecule has 3 N–H and O–H groups in total. The number of nitrogens with one attached hydrogen (secondary N) is 1. The van der Waals surface area contributed by atoms with Crippen molar-refractivity contribution in [3.8, 4) is 5.75 Å². The number of methoxy groups -OCH3 is 1. The van der Waals surface area contributed by atoms with Crippen molar-refractivity contribution in [2.75, 3.05) is 20.2 Å². The maximum Gasteiger partial charge on any atom is 0.240 e. The summed E-state index contributed by atoms with van der Waals surface area (Å²) >= 11 is 0. The lowest BCUT2D eigenvalue weighted by atomic mass is 10.1. The Balaban J connectivity index is 3.10. The van der Waals surface area contributed by atoms with E-state index < -0.39 is 10.0 Å². The molecule has 19 heavy (non-hydrogen) atoms. The van der Waals surface area contributed by atoms with Crippen LogP contribution in [0.4, 0.5) is 0 Å². The molecule has 0 aliphatic rings. The van der Waals surface area contributed by atoms with E-state index >= 15 is 0 Å². The van der Waals surface area contributed by atoms with Crippen molar-refractivity contribution in [2.24, 2.45) is 11.7 Å². The second-order valence-electron chi connectivity index (χ2n) is 4.76. The third-order valence-electron chi connectivity index (χ3n) is 2.65. The molecule has 0 aromatic heterocycles. The van der Waals surface area contributed by atoms with Gasteiger partial charge in [0.25, 0.3) is 0 Å². The molecular formula is C13H22N2O3S. The predicted molar refractivity (Wildman–Crippen MR) is 75.8 cm³/mol. The number of ether oxygens (including phenoxy) is 1. The molecule has 1 rings (SSSR count). The van der Waals surface area contributed by atoms with Crippen molar-refractivity contribution >= 4 is 10.0 Å². The summed E-state index contributed by atoms with van der Waals surface area (Å²) < 4.78 is 32.2. The van der Waals surface area contributed by atoms with Crippen molar-refractivity contribution in [1.82, 2.24) is 4.72 Å². The average molecular weight is 286 g/mol. The highest BCUT2D eigenvalue weighted by molar-refractivity contribution is 7.89. The molecule has 0 atom stereocenters. The van der Waals surface area contributed by atoms with Crippen LogP contribution in [0.25, 0.3) is 0 Å². The summed E-state index contributed by atoms with van der Waals surface area (Å²) in [6, 6.07) is 4.92. The van der Waals surface area contributed by atoms with Crippen LogP contribution in [-0.4, -0.2) is 28.6 Å². The van der Waals surface area contributed by atoms with E-state index in [2.05, 4.69) is 4.72 Å². The lowest BCUT2D eigenvalue weighted by Gasteiger charge is -2.13. The topological polar surface area (TPSA) is 81.4 Å². The maximum atomic E-state index is 12.2. The van der Waals surface area contributed by atoms with Crippen LogP contribution in [0.2, 0.25) is 0 Å². The van der Waals surface area contributed by atoms with Gasteiger partial charge in [-0.2, -0.15) is 0 Å². The summed E-state index contributed by atoms with van der Waals surface area (Å²) in [5.41, 5.74) is 6.21. The SMILES string of the molecule is COc1ccc(S(=O)(=O)NCC(C)C)c(CCN)c1. The predicted octanol–water partition coefficient (Wildman–Crippen LogP) is 1.13. The van der Waals surface area contributed by atoms with Gasteiger partial charge in [0.15, 0.2) is 0 Å². The van der Waals surface area contributed by atoms with Gasteiger partial charge in [0.1, 0.15) is 5.75 Å². The van der Waals surface area contributed by atoms with E-state index in [-0.39, 0.29) is 10.8 Å². The van der Waals surface area contributed by atoms with Crippen LogP contribution in [0.3, 0.4) is 0 Å². The quantitative estimate of drug-likeness (QED) is 0.787. The Morgan fingerprint density at radius 2 is 2.05 bits per heavy atom. The first-order valence-electron chi connectivity index (χ1n) is 6.27. The van der Waals surface area contributed by atoms with Crippen molar-refractivity contribution in [2.45, 2.75) is 25.2 Å². The molecule has 0 saturated carbocycles. The monoisotopic (exact) mass is 286 g/mol. The molecule has 0 bridgehead atoms. The van der Waals surface area contributed by atoms with Gasteiger partial charge in [-0.15, -0.1) is 0 Å². The second-order valence-corrected chi connectivity index (χ2v) is 6.49. The van der Waals surface area contributed by atoms with Crippen molar-refractivity contribution in [3.05, 3.63) is 23.8 Å². The van der Waals surface area contributed by atoms with E-state index in [4.69, 9.17) is 10.5 Å². The molecular weight excluding hydrogens is 264 g/mol. The number of rotatable bonds is 7. The fourth-order valence-corrected chi connectivity index (χ4v) is 3.11. The second kappa shape index (κ2) is 6.88. The fraction of sp³-hybridized carbons (Fsp3) is 0.538. The molecule has 0 unspecified atom stereocenters. The number of hydrogen-bond acceptors (Lipinski definition) is 4. The Morgan fingerprint density at radius 1 is 1.37 bits per heavy atom. The molecule has 0 amide bonds. The van der Waals surface area contributed by atoms with Gasteiger partial charge in [-0.05, 0) is 42.6 Å². The Labute approximate surface area is 115 Å². The summed E-state index contributed by atoms with van der Waals surface area (Å²) in [6.45, 7) is 4.71. The van der Waals surface area contributed by atoms with Crippen LogP contribution in [-0.2, 0) is 16.4 Å². The highest BCUT2D eigenvalue weighted by Gasteiger charge is 2.18. The zero-order chi connectivity index (χ0) is 14.5. The Morgan fingerprint density at radius 3 is 2.58 bits per heavy atom. The Kier molecular flexibility index (Phi) is 5.78. The molecule has 0 radical (unpaired) electrons. The highest BCUT2D eigenvalue weighted by Crippen LogP contribution is 2.22. The summed E-state index contributed by atoms with van der Waals surface area (Å²) in [5, 5.41) is 0. The first kappa shape index (κ1) is 15.9. The smallest absolute Gasteiger partial charge is 0.240 e. The number of benzene rings is 1.